The maximum absolute atomic E-state index is 13.7. The molecule has 8 heteroatoms. The van der Waals surface area contributed by atoms with Gasteiger partial charge in [0.05, 0.1) is 11.1 Å². The molecule has 0 saturated carbocycles. The fourth-order valence-electron chi connectivity index (χ4n) is 3.17. The summed E-state index contributed by atoms with van der Waals surface area (Å²) >= 11 is 0. The van der Waals surface area contributed by atoms with Crippen LogP contribution in [-0.4, -0.2) is 52.8 Å². The van der Waals surface area contributed by atoms with Gasteiger partial charge in [-0.2, -0.15) is 0 Å². The molecule has 28 heavy (non-hydrogen) atoms. The molecule has 0 bridgehead atoms. The molecule has 3 rings (SSSR count). The van der Waals surface area contributed by atoms with Gasteiger partial charge < -0.3 is 20.5 Å². The summed E-state index contributed by atoms with van der Waals surface area (Å²) in [5, 5.41) is 0. The van der Waals surface area contributed by atoms with Crippen LogP contribution in [0.2, 0.25) is 0 Å². The standard InChI is InChI=1S/C20H25FN6O/c1-3-5-7-23-17(6-4-2)26-8-10-27(11-9-26)20-24-16-13-14(21)12-15(19(22)28)18(16)25-20/h4-7,12-13H,3,8-11H2,1-2H3,(H2,22,28)(H,24,25)/b6-4-,7-5+,23-17+. The van der Waals surface area contributed by atoms with Gasteiger partial charge in [0, 0.05) is 32.4 Å². The van der Waals surface area contributed by atoms with Crippen molar-refractivity contribution in [2.45, 2.75) is 20.3 Å². The summed E-state index contributed by atoms with van der Waals surface area (Å²) in [4.78, 5) is 28.0. The Labute approximate surface area is 163 Å². The molecule has 3 N–H and O–H groups in total. The van der Waals surface area contributed by atoms with Crippen LogP contribution in [0.1, 0.15) is 30.6 Å². The zero-order valence-corrected chi connectivity index (χ0v) is 16.2. The van der Waals surface area contributed by atoms with Crippen LogP contribution in [0.15, 0.2) is 41.6 Å². The minimum atomic E-state index is -0.695. The average Bonchev–Trinajstić information content (AvgIpc) is 3.10. The molecule has 7 nitrogen and oxygen atoms in total. The van der Waals surface area contributed by atoms with Crippen LogP contribution in [0, 0.1) is 5.82 Å². The number of hydrogen-bond acceptors (Lipinski definition) is 4. The van der Waals surface area contributed by atoms with Gasteiger partial charge in [0.15, 0.2) is 0 Å². The van der Waals surface area contributed by atoms with Gasteiger partial charge in [-0.3, -0.25) is 4.79 Å². The van der Waals surface area contributed by atoms with E-state index in [-0.39, 0.29) is 5.56 Å². The van der Waals surface area contributed by atoms with Gasteiger partial charge in [-0.1, -0.05) is 19.1 Å². The van der Waals surface area contributed by atoms with E-state index >= 15 is 0 Å². The number of amides is 1. The number of allylic oxidation sites excluding steroid dienone is 2. The Morgan fingerprint density at radius 1 is 1.36 bits per heavy atom. The van der Waals surface area contributed by atoms with E-state index in [2.05, 4.69) is 31.7 Å². The zero-order chi connectivity index (χ0) is 20.1. The number of imidazole rings is 1. The molecular formula is C20H25FN6O. The number of primary amides is 1. The maximum atomic E-state index is 13.7. The van der Waals surface area contributed by atoms with Crippen molar-refractivity contribution in [3.63, 3.8) is 0 Å². The number of hydrogen-bond donors (Lipinski definition) is 2. The highest BCUT2D eigenvalue weighted by atomic mass is 19.1. The Balaban J connectivity index is 1.78. The predicted octanol–water partition coefficient (Wildman–Crippen LogP) is 2.82. The van der Waals surface area contributed by atoms with Crippen molar-refractivity contribution in [1.82, 2.24) is 14.9 Å². The summed E-state index contributed by atoms with van der Waals surface area (Å²) in [5.41, 5.74) is 6.31. The van der Waals surface area contributed by atoms with Crippen LogP contribution in [-0.2, 0) is 0 Å². The number of nitrogens with two attached hydrogens (primary N) is 1. The molecule has 1 fully saturated rings. The molecule has 0 atom stereocenters. The summed E-state index contributed by atoms with van der Waals surface area (Å²) < 4.78 is 13.7. The molecule has 2 aromatic rings. The summed E-state index contributed by atoms with van der Waals surface area (Å²) in [7, 11) is 0. The van der Waals surface area contributed by atoms with Crippen LogP contribution >= 0.6 is 0 Å². The second-order valence-electron chi connectivity index (χ2n) is 6.53. The normalized spacial score (nSPS) is 16.0. The molecule has 0 spiro atoms. The summed E-state index contributed by atoms with van der Waals surface area (Å²) in [5.74, 6) is 0.320. The third-order valence-corrected chi connectivity index (χ3v) is 4.57. The SMILES string of the molecule is C\C=C/C(=N\C=C\CC)N1CCN(c2nc3c(C(N)=O)cc(F)cc3[nH]2)CC1. The number of nitrogens with one attached hydrogen (secondary N) is 1. The first-order chi connectivity index (χ1) is 13.5. The number of fused-ring (bicyclic) bond motifs is 1. The topological polar surface area (TPSA) is 90.6 Å². The van der Waals surface area contributed by atoms with Gasteiger partial charge in [-0.05, 0) is 31.6 Å². The molecule has 1 aromatic heterocycles. The lowest BCUT2D eigenvalue weighted by atomic mass is 10.1. The fourth-order valence-corrected chi connectivity index (χ4v) is 3.17. The Morgan fingerprint density at radius 3 is 2.75 bits per heavy atom. The monoisotopic (exact) mass is 384 g/mol. The zero-order valence-electron chi connectivity index (χ0n) is 16.2. The number of piperazine rings is 1. The van der Waals surface area contributed by atoms with E-state index in [4.69, 9.17) is 5.73 Å². The highest BCUT2D eigenvalue weighted by Gasteiger charge is 2.22. The van der Waals surface area contributed by atoms with E-state index in [1.54, 1.807) is 0 Å². The predicted molar refractivity (Wildman–Crippen MR) is 110 cm³/mol. The van der Waals surface area contributed by atoms with Crippen molar-refractivity contribution in [2.75, 3.05) is 31.1 Å². The number of anilines is 1. The third-order valence-electron chi connectivity index (χ3n) is 4.57. The van der Waals surface area contributed by atoms with Crippen molar-refractivity contribution < 1.29 is 9.18 Å². The fraction of sp³-hybridized carbons (Fsp3) is 0.350. The molecule has 1 amide bonds. The Bertz CT molecular complexity index is 938. The molecule has 1 aliphatic rings. The van der Waals surface area contributed by atoms with Crippen molar-refractivity contribution in [3.05, 3.63) is 47.9 Å². The molecule has 148 valence electrons. The van der Waals surface area contributed by atoms with Crippen molar-refractivity contribution in [3.8, 4) is 0 Å². The van der Waals surface area contributed by atoms with Crippen LogP contribution in [0.4, 0.5) is 10.3 Å². The van der Waals surface area contributed by atoms with Crippen LogP contribution < -0.4 is 10.6 Å². The number of nitrogens with zero attached hydrogens (tertiary/aromatic N) is 4. The number of aromatic amines is 1. The number of rotatable bonds is 5. The van der Waals surface area contributed by atoms with Gasteiger partial charge >= 0.3 is 0 Å². The van der Waals surface area contributed by atoms with Crippen molar-refractivity contribution >= 4 is 28.7 Å². The van der Waals surface area contributed by atoms with Gasteiger partial charge in [-0.15, -0.1) is 0 Å². The molecule has 0 aliphatic carbocycles. The van der Waals surface area contributed by atoms with Crippen molar-refractivity contribution in [2.24, 2.45) is 10.7 Å². The quantitative estimate of drug-likeness (QED) is 0.613. The van der Waals surface area contributed by atoms with E-state index in [1.807, 2.05) is 31.4 Å². The number of benzene rings is 1. The van der Waals surface area contributed by atoms with Gasteiger partial charge in [0.2, 0.25) is 5.95 Å². The van der Waals surface area contributed by atoms with E-state index in [1.165, 1.54) is 6.07 Å². The molecule has 1 aliphatic heterocycles. The van der Waals surface area contributed by atoms with Crippen molar-refractivity contribution in [1.29, 1.82) is 0 Å². The first-order valence-electron chi connectivity index (χ1n) is 9.38. The van der Waals surface area contributed by atoms with Gasteiger partial charge in [-0.25, -0.2) is 14.4 Å². The smallest absolute Gasteiger partial charge is 0.251 e. The molecule has 2 heterocycles. The first kappa shape index (κ1) is 19.6. The second kappa shape index (κ2) is 8.69. The second-order valence-corrected chi connectivity index (χ2v) is 6.53. The van der Waals surface area contributed by atoms with Gasteiger partial charge in [0.25, 0.3) is 5.91 Å². The van der Waals surface area contributed by atoms with Crippen LogP contribution in [0.5, 0.6) is 0 Å². The lowest BCUT2D eigenvalue weighted by Crippen LogP contribution is -2.48. The summed E-state index contributed by atoms with van der Waals surface area (Å²) in [6.07, 6.45) is 8.77. The molecule has 0 unspecified atom stereocenters. The summed E-state index contributed by atoms with van der Waals surface area (Å²) in [6, 6.07) is 2.45. The molecule has 0 radical (unpaired) electrons. The Morgan fingerprint density at radius 2 is 2.11 bits per heavy atom. The number of aliphatic imine (C=N–C) groups is 1. The average molecular weight is 384 g/mol. The van der Waals surface area contributed by atoms with Crippen LogP contribution in [0.3, 0.4) is 0 Å². The third kappa shape index (κ3) is 4.21. The lowest BCUT2D eigenvalue weighted by molar-refractivity contribution is 0.100. The highest BCUT2D eigenvalue weighted by Crippen LogP contribution is 2.23. The number of H-pyrrole nitrogens is 1. The minimum Gasteiger partial charge on any atom is -0.366 e. The minimum absolute atomic E-state index is 0.0846. The molecule has 1 aromatic carbocycles. The Hall–Kier alpha value is -3.16. The number of carbonyl (C=O) groups is 1. The van der Waals surface area contributed by atoms with E-state index in [0.717, 1.165) is 44.5 Å². The highest BCUT2D eigenvalue weighted by molar-refractivity contribution is 6.04. The first-order valence-corrected chi connectivity index (χ1v) is 9.38. The largest absolute Gasteiger partial charge is 0.366 e. The number of halogens is 1. The lowest BCUT2D eigenvalue weighted by Gasteiger charge is -2.35. The molecule has 1 saturated heterocycles. The Kier molecular flexibility index (Phi) is 6.08. The van der Waals surface area contributed by atoms with Gasteiger partial charge in [0.1, 0.15) is 17.2 Å². The van der Waals surface area contributed by atoms with E-state index < -0.39 is 11.7 Å². The number of amidine groups is 1. The maximum Gasteiger partial charge on any atom is 0.251 e. The number of aromatic nitrogens is 2. The van der Waals surface area contributed by atoms with Crippen LogP contribution in [0.25, 0.3) is 11.0 Å². The van der Waals surface area contributed by atoms with E-state index in [9.17, 15) is 9.18 Å². The van der Waals surface area contributed by atoms with E-state index in [0.29, 0.717) is 17.0 Å². The number of carbonyl (C=O) groups excluding carboxylic acids is 1. The molecular weight excluding hydrogens is 359 g/mol. The summed E-state index contributed by atoms with van der Waals surface area (Å²) in [6.45, 7) is 7.04.